The molecule has 7 heteroatoms. The number of aromatic nitrogens is 4. The van der Waals surface area contributed by atoms with Gasteiger partial charge in [-0.2, -0.15) is 0 Å². The first-order valence-corrected chi connectivity index (χ1v) is 6.13. The fraction of sp³-hybridized carbons (Fsp3) is 0.0909. The van der Waals surface area contributed by atoms with E-state index >= 15 is 0 Å². The van der Waals surface area contributed by atoms with Crippen LogP contribution in [0.1, 0.15) is 5.82 Å². The van der Waals surface area contributed by atoms with Gasteiger partial charge in [-0.3, -0.25) is 0 Å². The normalized spacial score (nSPS) is 11.2. The first-order chi connectivity index (χ1) is 8.67. The van der Waals surface area contributed by atoms with Gasteiger partial charge in [0.05, 0.1) is 17.6 Å². The smallest absolute Gasteiger partial charge is 0.323 e. The number of hydrogen-bond donors (Lipinski definition) is 4. The number of H-pyrrole nitrogens is 3. The van der Waals surface area contributed by atoms with E-state index in [2.05, 4.69) is 35.9 Å². The fourth-order valence-electron chi connectivity index (χ4n) is 1.87. The number of benzene rings is 1. The zero-order valence-corrected chi connectivity index (χ0v) is 10.8. The fourth-order valence-corrected chi connectivity index (χ4v) is 2.41. The van der Waals surface area contributed by atoms with E-state index in [-0.39, 0.29) is 5.69 Å². The molecule has 3 rings (SSSR count). The maximum absolute atomic E-state index is 11.2. The van der Waals surface area contributed by atoms with Gasteiger partial charge in [-0.1, -0.05) is 6.07 Å². The van der Waals surface area contributed by atoms with E-state index in [9.17, 15) is 4.79 Å². The van der Waals surface area contributed by atoms with Gasteiger partial charge in [0.15, 0.2) is 0 Å². The summed E-state index contributed by atoms with van der Waals surface area (Å²) in [5.74, 6) is 0.708. The Kier molecular flexibility index (Phi) is 2.57. The van der Waals surface area contributed by atoms with E-state index in [1.165, 1.54) is 0 Å². The van der Waals surface area contributed by atoms with Crippen molar-refractivity contribution >= 4 is 27.0 Å². The van der Waals surface area contributed by atoms with Crippen molar-refractivity contribution in [2.45, 2.75) is 6.54 Å². The molecule has 2 aromatic heterocycles. The lowest BCUT2D eigenvalue weighted by atomic mass is 10.1. The first kappa shape index (κ1) is 11.2. The number of imidazole rings is 2. The second kappa shape index (κ2) is 4.11. The number of nitrogens with two attached hydrogens (primary N) is 1. The summed E-state index contributed by atoms with van der Waals surface area (Å²) in [7, 11) is 0. The molecule has 6 nitrogen and oxygen atoms in total. The third-order valence-electron chi connectivity index (χ3n) is 2.69. The highest BCUT2D eigenvalue weighted by Gasteiger charge is 2.10. The van der Waals surface area contributed by atoms with Crippen LogP contribution in [0.25, 0.3) is 22.3 Å². The summed E-state index contributed by atoms with van der Waals surface area (Å²) in [5, 5.41) is 0. The largest absolute Gasteiger partial charge is 0.335 e. The van der Waals surface area contributed by atoms with E-state index in [1.807, 2.05) is 18.2 Å². The predicted octanol–water partition coefficient (Wildman–Crippen LogP) is 1.47. The number of fused-ring (bicyclic) bond motifs is 1. The van der Waals surface area contributed by atoms with Crippen molar-refractivity contribution in [3.05, 3.63) is 39.1 Å². The molecule has 0 aliphatic heterocycles. The number of nitrogens with one attached hydrogen (secondary N) is 3. The second-order valence-corrected chi connectivity index (χ2v) is 4.68. The minimum Gasteiger partial charge on any atom is -0.335 e. The molecule has 1 aromatic carbocycles. The lowest BCUT2D eigenvalue weighted by molar-refractivity contribution is 0.947. The van der Waals surface area contributed by atoms with E-state index in [0.717, 1.165) is 26.9 Å². The predicted molar refractivity (Wildman–Crippen MR) is 72.1 cm³/mol. The monoisotopic (exact) mass is 307 g/mol. The zero-order valence-electron chi connectivity index (χ0n) is 9.25. The highest BCUT2D eigenvalue weighted by molar-refractivity contribution is 9.10. The molecule has 0 atom stereocenters. The van der Waals surface area contributed by atoms with Crippen LogP contribution in [0.5, 0.6) is 0 Å². The third kappa shape index (κ3) is 1.77. The van der Waals surface area contributed by atoms with Gasteiger partial charge in [-0.05, 0) is 28.1 Å². The van der Waals surface area contributed by atoms with Crippen molar-refractivity contribution in [3.8, 4) is 11.3 Å². The van der Waals surface area contributed by atoms with Crippen LogP contribution in [-0.4, -0.2) is 19.9 Å². The molecule has 0 bridgehead atoms. The minimum absolute atomic E-state index is 0.217. The Morgan fingerprint density at radius 1 is 1.22 bits per heavy atom. The average molecular weight is 308 g/mol. The van der Waals surface area contributed by atoms with Crippen molar-refractivity contribution in [2.24, 2.45) is 5.73 Å². The molecule has 0 amide bonds. The number of hydrogen-bond acceptors (Lipinski definition) is 3. The van der Waals surface area contributed by atoms with Gasteiger partial charge in [-0.25, -0.2) is 9.78 Å². The molecule has 0 aliphatic carbocycles. The Morgan fingerprint density at radius 3 is 2.72 bits per heavy atom. The van der Waals surface area contributed by atoms with Crippen LogP contribution in [-0.2, 0) is 6.54 Å². The quantitative estimate of drug-likeness (QED) is 0.576. The topological polar surface area (TPSA) is 103 Å². The number of halogens is 1. The molecule has 2 heterocycles. The third-order valence-corrected chi connectivity index (χ3v) is 3.27. The highest BCUT2D eigenvalue weighted by atomic mass is 79.9. The molecular weight excluding hydrogens is 298 g/mol. The van der Waals surface area contributed by atoms with E-state index < -0.39 is 0 Å². The standard InChI is InChI=1S/C11H10BrN5O/c12-10-9(16-8(4-13)17-10)5-1-2-6-7(3-5)15-11(18)14-6/h1-3H,4,13H2,(H,16,17)(H2,14,15,18). The van der Waals surface area contributed by atoms with Crippen molar-refractivity contribution in [1.29, 1.82) is 0 Å². The summed E-state index contributed by atoms with van der Waals surface area (Å²) in [4.78, 5) is 24.0. The van der Waals surface area contributed by atoms with Crippen LogP contribution in [0.3, 0.4) is 0 Å². The molecule has 5 N–H and O–H groups in total. The van der Waals surface area contributed by atoms with Crippen LogP contribution in [0, 0.1) is 0 Å². The van der Waals surface area contributed by atoms with Crippen LogP contribution in [0.15, 0.2) is 27.6 Å². The maximum Gasteiger partial charge on any atom is 0.323 e. The molecular formula is C11H10BrN5O. The molecule has 92 valence electrons. The summed E-state index contributed by atoms with van der Waals surface area (Å²) in [6.45, 7) is 0.349. The Morgan fingerprint density at radius 2 is 2.00 bits per heavy atom. The van der Waals surface area contributed by atoms with Crippen LogP contribution in [0.2, 0.25) is 0 Å². The number of rotatable bonds is 2. The van der Waals surface area contributed by atoms with Gasteiger partial charge < -0.3 is 20.7 Å². The Hall–Kier alpha value is -1.86. The van der Waals surface area contributed by atoms with Gasteiger partial charge in [0.2, 0.25) is 0 Å². The van der Waals surface area contributed by atoms with E-state index in [0.29, 0.717) is 12.4 Å². The van der Waals surface area contributed by atoms with Crippen molar-refractivity contribution in [3.63, 3.8) is 0 Å². The lowest BCUT2D eigenvalue weighted by Gasteiger charge is -1.97. The molecule has 3 aromatic rings. The second-order valence-electron chi connectivity index (χ2n) is 3.89. The molecule has 0 aliphatic rings. The van der Waals surface area contributed by atoms with Gasteiger partial charge in [0.25, 0.3) is 0 Å². The minimum atomic E-state index is -0.217. The Labute approximate surface area is 110 Å². The van der Waals surface area contributed by atoms with E-state index in [1.54, 1.807) is 0 Å². The molecule has 0 spiro atoms. The summed E-state index contributed by atoms with van der Waals surface area (Å²) >= 11 is 3.41. The molecule has 0 unspecified atom stereocenters. The van der Waals surface area contributed by atoms with Crippen molar-refractivity contribution < 1.29 is 0 Å². The Balaban J connectivity index is 2.18. The molecule has 0 radical (unpaired) electrons. The van der Waals surface area contributed by atoms with E-state index in [4.69, 9.17) is 5.73 Å². The van der Waals surface area contributed by atoms with Gasteiger partial charge >= 0.3 is 5.69 Å². The Bertz CT molecular complexity index is 769. The summed E-state index contributed by atoms with van der Waals surface area (Å²) < 4.78 is 0.778. The zero-order chi connectivity index (χ0) is 12.7. The maximum atomic E-state index is 11.2. The summed E-state index contributed by atoms with van der Waals surface area (Å²) in [5.41, 5.74) is 8.52. The summed E-state index contributed by atoms with van der Waals surface area (Å²) in [6, 6.07) is 5.60. The first-order valence-electron chi connectivity index (χ1n) is 5.34. The van der Waals surface area contributed by atoms with Crippen molar-refractivity contribution in [2.75, 3.05) is 0 Å². The summed E-state index contributed by atoms with van der Waals surface area (Å²) in [6.07, 6.45) is 0. The van der Waals surface area contributed by atoms with Crippen LogP contribution in [0.4, 0.5) is 0 Å². The molecule has 0 saturated carbocycles. The van der Waals surface area contributed by atoms with Crippen LogP contribution < -0.4 is 11.4 Å². The lowest BCUT2D eigenvalue weighted by Crippen LogP contribution is -1.99. The van der Waals surface area contributed by atoms with Gasteiger partial charge in [-0.15, -0.1) is 0 Å². The number of aromatic amines is 3. The van der Waals surface area contributed by atoms with Gasteiger partial charge in [0.1, 0.15) is 16.1 Å². The van der Waals surface area contributed by atoms with Crippen LogP contribution >= 0.6 is 15.9 Å². The van der Waals surface area contributed by atoms with Gasteiger partial charge in [0, 0.05) is 5.56 Å². The number of nitrogens with zero attached hydrogens (tertiary/aromatic N) is 1. The highest BCUT2D eigenvalue weighted by Crippen LogP contribution is 2.27. The SMILES string of the molecule is NCc1nc(-c2ccc3[nH]c(=O)[nH]c3c2)c(Br)[nH]1. The molecule has 0 saturated heterocycles. The van der Waals surface area contributed by atoms with Crippen molar-refractivity contribution in [1.82, 2.24) is 19.9 Å². The average Bonchev–Trinajstić information content (AvgIpc) is 2.89. The molecule has 18 heavy (non-hydrogen) atoms. The molecule has 0 fully saturated rings.